The molecule has 0 aliphatic carbocycles. The molecule has 132 valence electrons. The maximum Gasteiger partial charge on any atom is 0.256 e. The first-order valence-corrected chi connectivity index (χ1v) is 8.43. The Morgan fingerprint density at radius 3 is 2.58 bits per heavy atom. The molecule has 0 unspecified atom stereocenters. The molecule has 0 saturated heterocycles. The molecule has 0 fully saturated rings. The highest BCUT2D eigenvalue weighted by atomic mass is 16.1. The molecule has 0 radical (unpaired) electrons. The SMILES string of the molecule is Cc1cccc(C(=O)Nc2ccc(N(C)CCc3ccncc3)nn2)c1. The summed E-state index contributed by atoms with van der Waals surface area (Å²) in [5, 5.41) is 11.1. The summed E-state index contributed by atoms with van der Waals surface area (Å²) < 4.78 is 0. The molecule has 6 heteroatoms. The van der Waals surface area contributed by atoms with Gasteiger partial charge in [0, 0.05) is 31.5 Å². The number of aromatic nitrogens is 3. The molecule has 1 aromatic carbocycles. The summed E-state index contributed by atoms with van der Waals surface area (Å²) in [6, 6.07) is 15.0. The summed E-state index contributed by atoms with van der Waals surface area (Å²) in [7, 11) is 1.97. The molecule has 2 aromatic heterocycles. The number of pyridine rings is 1. The number of aryl methyl sites for hydroxylation is 1. The molecule has 1 N–H and O–H groups in total. The van der Waals surface area contributed by atoms with Gasteiger partial charge < -0.3 is 10.2 Å². The number of hydrogen-bond acceptors (Lipinski definition) is 5. The van der Waals surface area contributed by atoms with Crippen LogP contribution in [-0.2, 0) is 6.42 Å². The molecular weight excluding hydrogens is 326 g/mol. The lowest BCUT2D eigenvalue weighted by Gasteiger charge is -2.17. The normalized spacial score (nSPS) is 10.4. The van der Waals surface area contributed by atoms with Gasteiger partial charge in [-0.1, -0.05) is 17.7 Å². The molecule has 0 atom stereocenters. The van der Waals surface area contributed by atoms with Crippen molar-refractivity contribution in [1.82, 2.24) is 15.2 Å². The zero-order chi connectivity index (χ0) is 18.4. The summed E-state index contributed by atoms with van der Waals surface area (Å²) in [5.41, 5.74) is 2.86. The molecule has 6 nitrogen and oxygen atoms in total. The quantitative estimate of drug-likeness (QED) is 0.742. The van der Waals surface area contributed by atoms with E-state index in [0.29, 0.717) is 11.4 Å². The minimum atomic E-state index is -0.193. The van der Waals surface area contributed by atoms with Crippen molar-refractivity contribution in [2.45, 2.75) is 13.3 Å². The Morgan fingerprint density at radius 2 is 1.88 bits per heavy atom. The van der Waals surface area contributed by atoms with Crippen LogP contribution in [0.15, 0.2) is 60.9 Å². The standard InChI is InChI=1S/C20H21N5O/c1-15-4-3-5-17(14-15)20(26)22-18-6-7-19(24-23-18)25(2)13-10-16-8-11-21-12-9-16/h3-9,11-12,14H,10,13H2,1-2H3,(H,22,23,26). The van der Waals surface area contributed by atoms with E-state index in [0.717, 1.165) is 24.3 Å². The predicted octanol–water partition coefficient (Wildman–Crippen LogP) is 3.11. The minimum absolute atomic E-state index is 0.193. The number of nitrogens with zero attached hydrogens (tertiary/aromatic N) is 4. The number of anilines is 2. The smallest absolute Gasteiger partial charge is 0.256 e. The number of rotatable bonds is 6. The molecule has 0 aliphatic heterocycles. The minimum Gasteiger partial charge on any atom is -0.358 e. The zero-order valence-electron chi connectivity index (χ0n) is 14.9. The molecule has 26 heavy (non-hydrogen) atoms. The fourth-order valence-corrected chi connectivity index (χ4v) is 2.53. The van der Waals surface area contributed by atoms with Crippen LogP contribution in [0.25, 0.3) is 0 Å². The summed E-state index contributed by atoms with van der Waals surface area (Å²) in [6.45, 7) is 2.76. The van der Waals surface area contributed by atoms with Crippen LogP contribution in [0.4, 0.5) is 11.6 Å². The Labute approximate surface area is 152 Å². The fraction of sp³-hybridized carbons (Fsp3) is 0.200. The van der Waals surface area contributed by atoms with Gasteiger partial charge in [-0.2, -0.15) is 0 Å². The number of carbonyl (C=O) groups excluding carboxylic acids is 1. The van der Waals surface area contributed by atoms with Gasteiger partial charge in [-0.25, -0.2) is 0 Å². The van der Waals surface area contributed by atoms with E-state index in [1.165, 1.54) is 5.56 Å². The highest BCUT2D eigenvalue weighted by molar-refractivity contribution is 6.03. The maximum absolute atomic E-state index is 12.3. The Balaban J connectivity index is 1.58. The lowest BCUT2D eigenvalue weighted by molar-refractivity contribution is 0.102. The third kappa shape index (κ3) is 4.63. The van der Waals surface area contributed by atoms with Gasteiger partial charge in [-0.05, 0) is 55.3 Å². The van der Waals surface area contributed by atoms with Crippen LogP contribution in [0.1, 0.15) is 21.5 Å². The Kier molecular flexibility index (Phi) is 5.53. The van der Waals surface area contributed by atoms with Crippen molar-refractivity contribution in [3.8, 4) is 0 Å². The first kappa shape index (κ1) is 17.5. The summed E-state index contributed by atoms with van der Waals surface area (Å²) >= 11 is 0. The molecule has 0 saturated carbocycles. The largest absolute Gasteiger partial charge is 0.358 e. The number of benzene rings is 1. The number of carbonyl (C=O) groups is 1. The molecular formula is C20H21N5O. The van der Waals surface area contributed by atoms with Crippen molar-refractivity contribution >= 4 is 17.5 Å². The van der Waals surface area contributed by atoms with Gasteiger partial charge >= 0.3 is 0 Å². The molecule has 0 spiro atoms. The third-order valence-corrected chi connectivity index (χ3v) is 4.05. The van der Waals surface area contributed by atoms with Crippen molar-refractivity contribution in [3.63, 3.8) is 0 Å². The van der Waals surface area contributed by atoms with Gasteiger partial charge in [0.2, 0.25) is 0 Å². The van der Waals surface area contributed by atoms with Crippen molar-refractivity contribution in [2.24, 2.45) is 0 Å². The Morgan fingerprint density at radius 1 is 1.08 bits per heavy atom. The van der Waals surface area contributed by atoms with Crippen LogP contribution < -0.4 is 10.2 Å². The lowest BCUT2D eigenvalue weighted by Crippen LogP contribution is -2.22. The predicted molar refractivity (Wildman–Crippen MR) is 102 cm³/mol. The molecule has 1 amide bonds. The second-order valence-electron chi connectivity index (χ2n) is 6.13. The number of likely N-dealkylation sites (N-methyl/N-ethyl adjacent to an activating group) is 1. The highest BCUT2D eigenvalue weighted by Gasteiger charge is 2.09. The van der Waals surface area contributed by atoms with Gasteiger partial charge in [0.1, 0.15) is 0 Å². The summed E-state index contributed by atoms with van der Waals surface area (Å²) in [5.74, 6) is 0.997. The number of hydrogen-bond donors (Lipinski definition) is 1. The number of amides is 1. The van der Waals surface area contributed by atoms with Crippen LogP contribution in [0, 0.1) is 6.92 Å². The topological polar surface area (TPSA) is 71.0 Å². The van der Waals surface area contributed by atoms with Gasteiger partial charge in [-0.15, -0.1) is 10.2 Å². The van der Waals surface area contributed by atoms with Crippen molar-refractivity contribution in [3.05, 3.63) is 77.6 Å². The maximum atomic E-state index is 12.3. The van der Waals surface area contributed by atoms with E-state index in [4.69, 9.17) is 0 Å². The van der Waals surface area contributed by atoms with Crippen LogP contribution >= 0.6 is 0 Å². The van der Waals surface area contributed by atoms with E-state index < -0.39 is 0 Å². The Bertz CT molecular complexity index is 865. The van der Waals surface area contributed by atoms with E-state index in [-0.39, 0.29) is 5.91 Å². The fourth-order valence-electron chi connectivity index (χ4n) is 2.53. The average molecular weight is 347 g/mol. The first-order chi connectivity index (χ1) is 12.6. The summed E-state index contributed by atoms with van der Waals surface area (Å²) in [6.07, 6.45) is 4.48. The third-order valence-electron chi connectivity index (χ3n) is 4.05. The highest BCUT2D eigenvalue weighted by Crippen LogP contribution is 2.12. The second-order valence-corrected chi connectivity index (χ2v) is 6.13. The zero-order valence-corrected chi connectivity index (χ0v) is 14.9. The van der Waals surface area contributed by atoms with Gasteiger partial charge in [0.05, 0.1) is 0 Å². The molecule has 2 heterocycles. The van der Waals surface area contributed by atoms with Crippen LogP contribution in [0.5, 0.6) is 0 Å². The number of nitrogens with one attached hydrogen (secondary N) is 1. The Hall–Kier alpha value is -3.28. The van der Waals surface area contributed by atoms with E-state index in [1.807, 2.05) is 55.3 Å². The van der Waals surface area contributed by atoms with E-state index in [1.54, 1.807) is 24.5 Å². The average Bonchev–Trinajstić information content (AvgIpc) is 2.67. The van der Waals surface area contributed by atoms with Gasteiger partial charge in [0.15, 0.2) is 11.6 Å². The lowest BCUT2D eigenvalue weighted by atomic mass is 10.1. The van der Waals surface area contributed by atoms with Gasteiger partial charge in [-0.3, -0.25) is 9.78 Å². The molecule has 0 bridgehead atoms. The van der Waals surface area contributed by atoms with Crippen LogP contribution in [0.3, 0.4) is 0 Å². The van der Waals surface area contributed by atoms with E-state index >= 15 is 0 Å². The monoisotopic (exact) mass is 347 g/mol. The van der Waals surface area contributed by atoms with E-state index in [9.17, 15) is 4.79 Å². The second kappa shape index (κ2) is 8.20. The first-order valence-electron chi connectivity index (χ1n) is 8.43. The molecule has 0 aliphatic rings. The summed E-state index contributed by atoms with van der Waals surface area (Å²) in [4.78, 5) is 18.3. The van der Waals surface area contributed by atoms with Crippen LogP contribution in [-0.4, -0.2) is 34.7 Å². The van der Waals surface area contributed by atoms with Crippen molar-refractivity contribution in [1.29, 1.82) is 0 Å². The van der Waals surface area contributed by atoms with Gasteiger partial charge in [0.25, 0.3) is 5.91 Å². The van der Waals surface area contributed by atoms with Crippen molar-refractivity contribution < 1.29 is 4.79 Å². The van der Waals surface area contributed by atoms with Crippen LogP contribution in [0.2, 0.25) is 0 Å². The molecule has 3 aromatic rings. The molecule has 3 rings (SSSR count). The van der Waals surface area contributed by atoms with E-state index in [2.05, 4.69) is 20.5 Å². The van der Waals surface area contributed by atoms with Crippen molar-refractivity contribution in [2.75, 3.05) is 23.8 Å².